The lowest BCUT2D eigenvalue weighted by Gasteiger charge is -2.07. The van der Waals surface area contributed by atoms with E-state index >= 15 is 0 Å². The van der Waals surface area contributed by atoms with E-state index in [-0.39, 0.29) is 0 Å². The van der Waals surface area contributed by atoms with E-state index in [4.69, 9.17) is 16.3 Å². The van der Waals surface area contributed by atoms with Crippen LogP contribution in [0.4, 0.5) is 0 Å². The van der Waals surface area contributed by atoms with Gasteiger partial charge in [-0.05, 0) is 29.7 Å². The van der Waals surface area contributed by atoms with Crippen LogP contribution in [0.5, 0.6) is 5.75 Å². The summed E-state index contributed by atoms with van der Waals surface area (Å²) in [5.74, 6) is 1.20. The monoisotopic (exact) mass is 261 g/mol. The van der Waals surface area contributed by atoms with Gasteiger partial charge >= 0.3 is 0 Å². The van der Waals surface area contributed by atoms with Crippen molar-refractivity contribution in [2.75, 3.05) is 0 Å². The molecule has 3 heteroatoms. The Hall–Kier alpha value is -1.54. The molecule has 2 rings (SSSR count). The third-order valence-corrected chi connectivity index (χ3v) is 3.05. The van der Waals surface area contributed by atoms with Crippen LogP contribution in [0.2, 0.25) is 0 Å². The molecular formula is C15H16ClNO. The topological polar surface area (TPSA) is 22.1 Å². The summed E-state index contributed by atoms with van der Waals surface area (Å²) >= 11 is 5.68. The van der Waals surface area contributed by atoms with E-state index < -0.39 is 0 Å². The smallest absolute Gasteiger partial charge is 0.138 e. The average molecular weight is 262 g/mol. The van der Waals surface area contributed by atoms with Crippen LogP contribution in [0, 0.1) is 0 Å². The van der Waals surface area contributed by atoms with Crippen LogP contribution < -0.4 is 4.74 Å². The molecule has 18 heavy (non-hydrogen) atoms. The maximum Gasteiger partial charge on any atom is 0.138 e. The van der Waals surface area contributed by atoms with Crippen molar-refractivity contribution in [1.82, 2.24) is 4.98 Å². The molecule has 0 N–H and O–H groups in total. The lowest BCUT2D eigenvalue weighted by molar-refractivity contribution is 0.305. The summed E-state index contributed by atoms with van der Waals surface area (Å²) in [6, 6.07) is 12.2. The Labute approximate surface area is 113 Å². The highest BCUT2D eigenvalue weighted by atomic mass is 35.5. The number of nitrogens with zero attached hydrogens (tertiary/aromatic N) is 1. The molecule has 0 saturated heterocycles. The van der Waals surface area contributed by atoms with Crippen LogP contribution >= 0.6 is 11.6 Å². The summed E-state index contributed by atoms with van der Waals surface area (Å²) < 4.78 is 5.66. The van der Waals surface area contributed by atoms with Crippen molar-refractivity contribution in [2.24, 2.45) is 0 Å². The maximum absolute atomic E-state index is 5.68. The molecular weight excluding hydrogens is 246 g/mol. The molecule has 0 radical (unpaired) electrons. The summed E-state index contributed by atoms with van der Waals surface area (Å²) in [6.45, 7) is 2.71. The number of alkyl halides is 1. The molecule has 0 aliphatic heterocycles. The van der Waals surface area contributed by atoms with E-state index in [9.17, 15) is 0 Å². The molecule has 0 saturated carbocycles. The van der Waals surface area contributed by atoms with E-state index in [0.29, 0.717) is 12.5 Å². The van der Waals surface area contributed by atoms with Gasteiger partial charge in [0.2, 0.25) is 0 Å². The first-order valence-corrected chi connectivity index (χ1v) is 6.56. The lowest BCUT2D eigenvalue weighted by Crippen LogP contribution is -1.96. The minimum absolute atomic E-state index is 0.429. The molecule has 0 amide bonds. The van der Waals surface area contributed by atoms with Gasteiger partial charge in [-0.3, -0.25) is 4.98 Å². The normalized spacial score (nSPS) is 10.3. The molecule has 1 aromatic carbocycles. The van der Waals surface area contributed by atoms with E-state index in [1.807, 2.05) is 12.1 Å². The number of hydrogen-bond donors (Lipinski definition) is 0. The van der Waals surface area contributed by atoms with Gasteiger partial charge in [0.1, 0.15) is 12.4 Å². The summed E-state index contributed by atoms with van der Waals surface area (Å²) in [5.41, 5.74) is 3.36. The number of halogens is 1. The average Bonchev–Trinajstić information content (AvgIpc) is 2.46. The van der Waals surface area contributed by atoms with E-state index in [0.717, 1.165) is 23.4 Å². The fourth-order valence-corrected chi connectivity index (χ4v) is 1.77. The Morgan fingerprint density at radius 2 is 1.78 bits per heavy atom. The number of aromatic nitrogens is 1. The third kappa shape index (κ3) is 3.47. The Kier molecular flexibility index (Phi) is 4.59. The number of benzene rings is 1. The van der Waals surface area contributed by atoms with Crippen LogP contribution in [0.3, 0.4) is 0 Å². The van der Waals surface area contributed by atoms with Crippen LogP contribution in [0.15, 0.2) is 42.6 Å². The first-order chi connectivity index (χ1) is 8.81. The van der Waals surface area contributed by atoms with Gasteiger partial charge in [-0.2, -0.15) is 0 Å². The van der Waals surface area contributed by atoms with Crippen LogP contribution in [-0.2, 0) is 18.9 Å². The van der Waals surface area contributed by atoms with Crippen LogP contribution in [-0.4, -0.2) is 4.98 Å². The van der Waals surface area contributed by atoms with Crippen LogP contribution in [0.25, 0.3) is 0 Å². The predicted octanol–water partition coefficient (Wildman–Crippen LogP) is 3.96. The van der Waals surface area contributed by atoms with Gasteiger partial charge in [-0.25, -0.2) is 0 Å². The van der Waals surface area contributed by atoms with Crippen molar-refractivity contribution >= 4 is 11.6 Å². The van der Waals surface area contributed by atoms with Gasteiger partial charge in [-0.1, -0.05) is 31.2 Å². The molecule has 0 atom stereocenters. The zero-order valence-electron chi connectivity index (χ0n) is 10.4. The molecule has 0 aliphatic rings. The third-order valence-electron chi connectivity index (χ3n) is 2.77. The van der Waals surface area contributed by atoms with Crippen molar-refractivity contribution in [3.63, 3.8) is 0 Å². The standard InChI is InChI=1S/C15H16ClNO/c1-2-12-3-5-13(6-4-12)11-18-15-8-7-14(9-16)17-10-15/h3-8,10H,2,9,11H2,1H3. The molecule has 94 valence electrons. The quantitative estimate of drug-likeness (QED) is 0.760. The molecule has 0 fully saturated rings. The van der Waals surface area contributed by atoms with Gasteiger partial charge in [0.25, 0.3) is 0 Å². The molecule has 0 bridgehead atoms. The SMILES string of the molecule is CCc1ccc(COc2ccc(CCl)nc2)cc1. The van der Waals surface area contributed by atoms with Crippen molar-refractivity contribution in [3.8, 4) is 5.75 Å². The molecule has 0 unspecified atom stereocenters. The molecule has 1 heterocycles. The zero-order chi connectivity index (χ0) is 12.8. The predicted molar refractivity (Wildman–Crippen MR) is 73.9 cm³/mol. The molecule has 2 nitrogen and oxygen atoms in total. The number of rotatable bonds is 5. The van der Waals surface area contributed by atoms with Crippen molar-refractivity contribution in [1.29, 1.82) is 0 Å². The van der Waals surface area contributed by atoms with E-state index in [1.165, 1.54) is 5.56 Å². The van der Waals surface area contributed by atoms with E-state index in [1.54, 1.807) is 6.20 Å². The van der Waals surface area contributed by atoms with Crippen molar-refractivity contribution in [3.05, 3.63) is 59.4 Å². The Morgan fingerprint density at radius 1 is 1.06 bits per heavy atom. The van der Waals surface area contributed by atoms with Gasteiger partial charge in [0, 0.05) is 0 Å². The number of aryl methyl sites for hydroxylation is 1. The lowest BCUT2D eigenvalue weighted by atomic mass is 10.1. The Balaban J connectivity index is 1.93. The number of pyridine rings is 1. The van der Waals surface area contributed by atoms with Gasteiger partial charge < -0.3 is 4.74 Å². The summed E-state index contributed by atoms with van der Waals surface area (Å²) in [4.78, 5) is 4.18. The molecule has 0 aliphatic carbocycles. The minimum atomic E-state index is 0.429. The fraction of sp³-hybridized carbons (Fsp3) is 0.267. The second-order valence-electron chi connectivity index (χ2n) is 4.08. The highest BCUT2D eigenvalue weighted by Crippen LogP contribution is 2.13. The van der Waals surface area contributed by atoms with Gasteiger partial charge in [0.05, 0.1) is 17.8 Å². The maximum atomic E-state index is 5.68. The molecule has 0 spiro atoms. The highest BCUT2D eigenvalue weighted by Gasteiger charge is 1.98. The number of ether oxygens (including phenoxy) is 1. The largest absolute Gasteiger partial charge is 0.487 e. The summed E-state index contributed by atoms with van der Waals surface area (Å²) in [5, 5.41) is 0. The van der Waals surface area contributed by atoms with Crippen molar-refractivity contribution in [2.45, 2.75) is 25.8 Å². The van der Waals surface area contributed by atoms with Gasteiger partial charge in [0.15, 0.2) is 0 Å². The zero-order valence-corrected chi connectivity index (χ0v) is 11.2. The Morgan fingerprint density at radius 3 is 2.33 bits per heavy atom. The second kappa shape index (κ2) is 6.41. The first-order valence-electron chi connectivity index (χ1n) is 6.03. The number of hydrogen-bond acceptors (Lipinski definition) is 2. The summed E-state index contributed by atoms with van der Waals surface area (Å²) in [6.07, 6.45) is 2.77. The fourth-order valence-electron chi connectivity index (χ4n) is 1.61. The Bertz CT molecular complexity index is 431. The molecule has 1 aromatic heterocycles. The first kappa shape index (κ1) is 12.9. The van der Waals surface area contributed by atoms with E-state index in [2.05, 4.69) is 36.2 Å². The van der Waals surface area contributed by atoms with Crippen molar-refractivity contribution < 1.29 is 4.74 Å². The summed E-state index contributed by atoms with van der Waals surface area (Å²) in [7, 11) is 0. The van der Waals surface area contributed by atoms with Crippen LogP contribution in [0.1, 0.15) is 23.7 Å². The highest BCUT2D eigenvalue weighted by molar-refractivity contribution is 6.16. The van der Waals surface area contributed by atoms with Gasteiger partial charge in [-0.15, -0.1) is 11.6 Å². The second-order valence-corrected chi connectivity index (χ2v) is 4.34. The molecule has 2 aromatic rings. The minimum Gasteiger partial charge on any atom is -0.487 e.